The topological polar surface area (TPSA) is 0 Å². The number of hydrogen-bond acceptors (Lipinski definition) is 0. The summed E-state index contributed by atoms with van der Waals surface area (Å²) in [5.41, 5.74) is 0.307. The second-order valence-corrected chi connectivity index (χ2v) is 3.50. The summed E-state index contributed by atoms with van der Waals surface area (Å²) >= 11 is 8.44. The lowest BCUT2D eigenvalue weighted by molar-refractivity contribution is 0.580. The smallest absolute Gasteiger partial charge is 0.134 e. The van der Waals surface area contributed by atoms with E-state index >= 15 is 0 Å². The zero-order valence-corrected chi connectivity index (χ0v) is 8.87. The molecule has 0 aliphatic rings. The molecule has 0 saturated carbocycles. The summed E-state index contributed by atoms with van der Waals surface area (Å²) in [5.74, 6) is -0.913. The van der Waals surface area contributed by atoms with E-state index in [9.17, 15) is 8.78 Å². The van der Waals surface area contributed by atoms with Crippen LogP contribution < -0.4 is 0 Å². The molecule has 0 radical (unpaired) electrons. The van der Waals surface area contributed by atoms with Crippen LogP contribution in [0.3, 0.4) is 0 Å². The Bertz CT molecular complexity index is 313. The first kappa shape index (κ1) is 10.7. The largest absolute Gasteiger partial charge is 0.207 e. The molecule has 1 aromatic carbocycles. The van der Waals surface area contributed by atoms with Crippen LogP contribution in [0.4, 0.5) is 8.78 Å². The molecule has 0 heterocycles. The van der Waals surface area contributed by atoms with Crippen LogP contribution in [-0.2, 0) is 0 Å². The van der Waals surface area contributed by atoms with Crippen molar-refractivity contribution in [3.8, 4) is 0 Å². The van der Waals surface area contributed by atoms with Gasteiger partial charge < -0.3 is 0 Å². The van der Waals surface area contributed by atoms with Crippen molar-refractivity contribution in [2.45, 2.75) is 0 Å². The zero-order chi connectivity index (χ0) is 9.84. The van der Waals surface area contributed by atoms with Crippen molar-refractivity contribution in [1.82, 2.24) is 0 Å². The third-order valence-electron chi connectivity index (χ3n) is 1.42. The molecule has 0 aromatic heterocycles. The SMILES string of the molecule is Fc1cc(F)c(C=CCCl)c(Br)c1. The number of alkyl halides is 1. The minimum Gasteiger partial charge on any atom is -0.207 e. The highest BCUT2D eigenvalue weighted by atomic mass is 79.9. The highest BCUT2D eigenvalue weighted by molar-refractivity contribution is 9.10. The highest BCUT2D eigenvalue weighted by Crippen LogP contribution is 2.22. The van der Waals surface area contributed by atoms with Crippen LogP contribution in [0.2, 0.25) is 0 Å². The number of hydrogen-bond donors (Lipinski definition) is 0. The lowest BCUT2D eigenvalue weighted by Gasteiger charge is -2.00. The summed E-state index contributed by atoms with van der Waals surface area (Å²) in [6.45, 7) is 0. The van der Waals surface area contributed by atoms with Crippen molar-refractivity contribution in [3.63, 3.8) is 0 Å². The molecule has 0 aliphatic carbocycles. The monoisotopic (exact) mass is 266 g/mol. The van der Waals surface area contributed by atoms with Crippen molar-refractivity contribution >= 4 is 33.6 Å². The van der Waals surface area contributed by atoms with Gasteiger partial charge in [-0.1, -0.05) is 12.2 Å². The molecule has 1 rings (SSSR count). The molecule has 0 N–H and O–H groups in total. The molecule has 0 saturated heterocycles. The Morgan fingerprint density at radius 3 is 2.62 bits per heavy atom. The van der Waals surface area contributed by atoms with E-state index in [4.69, 9.17) is 11.6 Å². The maximum absolute atomic E-state index is 13.1. The van der Waals surface area contributed by atoms with Gasteiger partial charge in [-0.15, -0.1) is 11.6 Å². The predicted molar refractivity (Wildman–Crippen MR) is 53.8 cm³/mol. The number of rotatable bonds is 2. The summed E-state index contributed by atoms with van der Waals surface area (Å²) in [6, 6.07) is 2.04. The van der Waals surface area contributed by atoms with Crippen LogP contribution in [0.15, 0.2) is 22.7 Å². The van der Waals surface area contributed by atoms with Gasteiger partial charge in [-0.25, -0.2) is 8.78 Å². The minimum atomic E-state index is -0.604. The summed E-state index contributed by atoms with van der Waals surface area (Å²) in [6.07, 6.45) is 3.09. The molecule has 0 aliphatic heterocycles. The Morgan fingerprint density at radius 2 is 2.08 bits per heavy atom. The summed E-state index contributed by atoms with van der Waals surface area (Å²) in [5, 5.41) is 0. The van der Waals surface area contributed by atoms with Gasteiger partial charge in [0.2, 0.25) is 0 Å². The second kappa shape index (κ2) is 4.72. The van der Waals surface area contributed by atoms with Crippen molar-refractivity contribution in [3.05, 3.63) is 39.9 Å². The van der Waals surface area contributed by atoms with Crippen LogP contribution in [0.1, 0.15) is 5.56 Å². The average molecular weight is 267 g/mol. The number of benzene rings is 1. The predicted octanol–water partition coefficient (Wildman–Crippen LogP) is 3.98. The van der Waals surface area contributed by atoms with E-state index in [0.29, 0.717) is 15.9 Å². The van der Waals surface area contributed by atoms with Crippen molar-refractivity contribution in [2.75, 3.05) is 5.88 Å². The van der Waals surface area contributed by atoms with E-state index in [1.165, 1.54) is 12.1 Å². The Labute approximate surface area is 88.3 Å². The molecule has 1 aromatic rings. The van der Waals surface area contributed by atoms with E-state index in [1.54, 1.807) is 6.08 Å². The van der Waals surface area contributed by atoms with Crippen LogP contribution in [-0.4, -0.2) is 5.88 Å². The summed E-state index contributed by atoms with van der Waals surface area (Å²) in [7, 11) is 0. The zero-order valence-electron chi connectivity index (χ0n) is 6.53. The van der Waals surface area contributed by atoms with Crippen molar-refractivity contribution in [1.29, 1.82) is 0 Å². The Balaban J connectivity index is 3.13. The first-order chi connectivity index (χ1) is 6.15. The summed E-state index contributed by atoms with van der Waals surface area (Å²) in [4.78, 5) is 0. The van der Waals surface area contributed by atoms with Gasteiger partial charge in [0.15, 0.2) is 0 Å². The van der Waals surface area contributed by atoms with Gasteiger partial charge in [-0.3, -0.25) is 0 Å². The third-order valence-corrected chi connectivity index (χ3v) is 2.25. The highest BCUT2D eigenvalue weighted by Gasteiger charge is 2.05. The maximum atomic E-state index is 13.1. The van der Waals surface area contributed by atoms with Crippen LogP contribution in [0.25, 0.3) is 6.08 Å². The molecule has 4 heteroatoms. The average Bonchev–Trinajstić information content (AvgIpc) is 2.02. The molecule has 0 spiro atoms. The molecular weight excluding hydrogens is 261 g/mol. The van der Waals surface area contributed by atoms with Crippen molar-refractivity contribution < 1.29 is 8.78 Å². The van der Waals surface area contributed by atoms with E-state index < -0.39 is 11.6 Å². The number of allylic oxidation sites excluding steroid dienone is 1. The lowest BCUT2D eigenvalue weighted by Crippen LogP contribution is -1.87. The Kier molecular flexibility index (Phi) is 3.88. The molecule has 0 unspecified atom stereocenters. The van der Waals surface area contributed by atoms with Gasteiger partial charge in [-0.2, -0.15) is 0 Å². The van der Waals surface area contributed by atoms with E-state index in [-0.39, 0.29) is 0 Å². The first-order valence-corrected chi connectivity index (χ1v) is 4.85. The Morgan fingerprint density at radius 1 is 1.38 bits per heavy atom. The van der Waals surface area contributed by atoms with Gasteiger partial charge in [0.1, 0.15) is 11.6 Å². The van der Waals surface area contributed by atoms with Gasteiger partial charge in [-0.05, 0) is 22.0 Å². The van der Waals surface area contributed by atoms with E-state index in [0.717, 1.165) is 6.07 Å². The first-order valence-electron chi connectivity index (χ1n) is 3.52. The van der Waals surface area contributed by atoms with Gasteiger partial charge in [0.25, 0.3) is 0 Å². The van der Waals surface area contributed by atoms with Gasteiger partial charge >= 0.3 is 0 Å². The van der Waals surface area contributed by atoms with Crippen LogP contribution in [0, 0.1) is 11.6 Å². The van der Waals surface area contributed by atoms with E-state index in [2.05, 4.69) is 15.9 Å². The molecular formula is C9H6BrClF2. The standard InChI is InChI=1S/C9H6BrClF2/c10-8-4-6(12)5-9(13)7(8)2-1-3-11/h1-2,4-5H,3H2. The van der Waals surface area contributed by atoms with Gasteiger partial charge in [0.05, 0.1) is 0 Å². The Hall–Kier alpha value is -0.410. The molecule has 0 bridgehead atoms. The van der Waals surface area contributed by atoms with Crippen LogP contribution >= 0.6 is 27.5 Å². The fourth-order valence-electron chi connectivity index (χ4n) is 0.875. The molecule has 13 heavy (non-hydrogen) atoms. The fourth-order valence-corrected chi connectivity index (χ4v) is 1.50. The normalized spacial score (nSPS) is 11.1. The number of halogens is 4. The lowest BCUT2D eigenvalue weighted by atomic mass is 10.2. The van der Waals surface area contributed by atoms with Crippen molar-refractivity contribution in [2.24, 2.45) is 0 Å². The van der Waals surface area contributed by atoms with E-state index in [1.807, 2.05) is 0 Å². The molecule has 0 nitrogen and oxygen atoms in total. The van der Waals surface area contributed by atoms with Crippen LogP contribution in [0.5, 0.6) is 0 Å². The van der Waals surface area contributed by atoms with Gasteiger partial charge in [0, 0.05) is 22.0 Å². The fraction of sp³-hybridized carbons (Fsp3) is 0.111. The molecule has 0 atom stereocenters. The summed E-state index contributed by atoms with van der Waals surface area (Å²) < 4.78 is 26.1. The third kappa shape index (κ3) is 2.78. The quantitative estimate of drug-likeness (QED) is 0.711. The maximum Gasteiger partial charge on any atom is 0.134 e. The molecule has 0 fully saturated rings. The molecule has 0 amide bonds. The molecule has 70 valence electrons. The minimum absolute atomic E-state index is 0.295. The second-order valence-electron chi connectivity index (χ2n) is 2.34.